The molecule has 1 aliphatic heterocycles. The first kappa shape index (κ1) is 20.1. The second-order valence-electron chi connectivity index (χ2n) is 6.26. The Morgan fingerprint density at radius 2 is 1.59 bits per heavy atom. The van der Waals surface area contributed by atoms with Gasteiger partial charge in [0, 0.05) is 26.2 Å². The fraction of sp³-hybridized carbons (Fsp3) is 0.278. The predicted molar refractivity (Wildman–Crippen MR) is 102 cm³/mol. The number of hydrogen-bond acceptors (Lipinski definition) is 3. The summed E-state index contributed by atoms with van der Waals surface area (Å²) in [5, 5.41) is -0.105. The molecule has 1 amide bonds. The van der Waals surface area contributed by atoms with Crippen LogP contribution in [0.1, 0.15) is 15.9 Å². The fourth-order valence-corrected chi connectivity index (χ4v) is 4.73. The van der Waals surface area contributed by atoms with E-state index in [4.69, 9.17) is 23.2 Å². The highest BCUT2D eigenvalue weighted by Crippen LogP contribution is 2.26. The van der Waals surface area contributed by atoms with E-state index < -0.39 is 21.7 Å². The van der Waals surface area contributed by atoms with E-state index in [0.29, 0.717) is 0 Å². The molecule has 3 rings (SSSR count). The molecule has 0 atom stereocenters. The lowest BCUT2D eigenvalue weighted by molar-refractivity contribution is 0.0697. The lowest BCUT2D eigenvalue weighted by atomic mass is 10.1. The smallest absolute Gasteiger partial charge is 0.255 e. The lowest BCUT2D eigenvalue weighted by Crippen LogP contribution is -2.50. The van der Waals surface area contributed by atoms with Gasteiger partial charge in [-0.3, -0.25) is 4.79 Å². The van der Waals surface area contributed by atoms with Crippen molar-refractivity contribution in [2.24, 2.45) is 0 Å². The molecule has 0 bridgehead atoms. The van der Waals surface area contributed by atoms with Gasteiger partial charge in [-0.15, -0.1) is 0 Å². The van der Waals surface area contributed by atoms with Crippen LogP contribution in [0.4, 0.5) is 4.39 Å². The van der Waals surface area contributed by atoms with E-state index in [0.717, 1.165) is 11.6 Å². The van der Waals surface area contributed by atoms with Crippen molar-refractivity contribution in [1.82, 2.24) is 9.21 Å². The van der Waals surface area contributed by atoms with Crippen molar-refractivity contribution in [2.45, 2.75) is 11.8 Å². The number of nitrogens with zero attached hydrogens (tertiary/aromatic N) is 2. The molecule has 2 aromatic carbocycles. The maximum Gasteiger partial charge on any atom is 0.255 e. The van der Waals surface area contributed by atoms with E-state index in [1.165, 1.54) is 15.3 Å². The first-order chi connectivity index (χ1) is 12.7. The summed E-state index contributed by atoms with van der Waals surface area (Å²) in [5.41, 5.74) is 0.977. The van der Waals surface area contributed by atoms with E-state index >= 15 is 0 Å². The van der Waals surface area contributed by atoms with Gasteiger partial charge in [0.1, 0.15) is 5.82 Å². The molecular weight excluding hydrogens is 414 g/mol. The van der Waals surface area contributed by atoms with Crippen LogP contribution < -0.4 is 0 Å². The summed E-state index contributed by atoms with van der Waals surface area (Å²) in [7, 11) is -3.62. The van der Waals surface area contributed by atoms with E-state index in [-0.39, 0.29) is 46.7 Å². The van der Waals surface area contributed by atoms with Gasteiger partial charge in [-0.1, -0.05) is 40.9 Å². The number of piperazine rings is 1. The Balaban J connectivity index is 1.72. The monoisotopic (exact) mass is 430 g/mol. The highest BCUT2D eigenvalue weighted by molar-refractivity contribution is 7.89. The summed E-state index contributed by atoms with van der Waals surface area (Å²) in [6.45, 7) is 2.55. The summed E-state index contributed by atoms with van der Waals surface area (Å²) < 4.78 is 40.4. The lowest BCUT2D eigenvalue weighted by Gasteiger charge is -2.34. The minimum Gasteiger partial charge on any atom is -0.336 e. The summed E-state index contributed by atoms with van der Waals surface area (Å²) in [6, 6.07) is 8.80. The third kappa shape index (κ3) is 4.11. The molecule has 0 unspecified atom stereocenters. The molecular formula is C18H17Cl2FN2O3S. The molecule has 1 aliphatic rings. The van der Waals surface area contributed by atoms with Crippen LogP contribution in [0.25, 0.3) is 0 Å². The molecule has 144 valence electrons. The Hall–Kier alpha value is -1.67. The topological polar surface area (TPSA) is 57.7 Å². The average Bonchev–Trinajstić information content (AvgIpc) is 2.64. The highest BCUT2D eigenvalue weighted by Gasteiger charge is 2.31. The normalized spacial score (nSPS) is 15.8. The van der Waals surface area contributed by atoms with Gasteiger partial charge in [0.2, 0.25) is 10.0 Å². The third-order valence-electron chi connectivity index (χ3n) is 4.42. The van der Waals surface area contributed by atoms with Crippen molar-refractivity contribution in [3.8, 4) is 0 Å². The van der Waals surface area contributed by atoms with Crippen molar-refractivity contribution in [3.05, 3.63) is 63.4 Å². The van der Waals surface area contributed by atoms with Crippen molar-refractivity contribution in [2.75, 3.05) is 26.2 Å². The Labute approximate surface area is 167 Å². The van der Waals surface area contributed by atoms with Gasteiger partial charge in [0.25, 0.3) is 5.91 Å². The van der Waals surface area contributed by atoms with Gasteiger partial charge in [0.15, 0.2) is 0 Å². The molecule has 1 heterocycles. The molecule has 0 spiro atoms. The zero-order chi connectivity index (χ0) is 19.8. The standard InChI is InChI=1S/C18H17Cl2FN2O3S/c1-12-2-4-13(5-3-12)27(25,26)23-8-6-22(7-9-23)18(24)14-10-17(21)16(20)11-15(14)19/h2-5,10-11H,6-9H2,1H3. The number of rotatable bonds is 3. The number of hydrogen-bond donors (Lipinski definition) is 0. The largest absolute Gasteiger partial charge is 0.336 e. The predicted octanol–water partition coefficient (Wildman–Crippen LogP) is 3.59. The summed E-state index contributed by atoms with van der Waals surface area (Å²) in [5.74, 6) is -1.19. The zero-order valence-corrected chi connectivity index (χ0v) is 16.8. The molecule has 1 fully saturated rings. The van der Waals surface area contributed by atoms with Crippen molar-refractivity contribution >= 4 is 39.1 Å². The molecule has 0 N–H and O–H groups in total. The molecule has 27 heavy (non-hydrogen) atoms. The molecule has 0 aliphatic carbocycles. The number of halogens is 3. The summed E-state index contributed by atoms with van der Waals surface area (Å²) >= 11 is 11.7. The van der Waals surface area contributed by atoms with Crippen LogP contribution in [0.5, 0.6) is 0 Å². The number of sulfonamides is 1. The molecule has 2 aromatic rings. The second kappa shape index (κ2) is 7.75. The fourth-order valence-electron chi connectivity index (χ4n) is 2.85. The van der Waals surface area contributed by atoms with Gasteiger partial charge in [-0.2, -0.15) is 4.31 Å². The Morgan fingerprint density at radius 1 is 1.00 bits per heavy atom. The van der Waals surface area contributed by atoms with Crippen molar-refractivity contribution < 1.29 is 17.6 Å². The third-order valence-corrected chi connectivity index (χ3v) is 6.94. The number of aryl methyl sites for hydroxylation is 1. The first-order valence-corrected chi connectivity index (χ1v) is 10.4. The number of benzene rings is 2. The van der Waals surface area contributed by atoms with Crippen LogP contribution in [-0.2, 0) is 10.0 Å². The quantitative estimate of drug-likeness (QED) is 0.699. The van der Waals surface area contributed by atoms with Crippen LogP contribution >= 0.6 is 23.2 Å². The minimum atomic E-state index is -3.62. The van der Waals surface area contributed by atoms with Gasteiger partial charge >= 0.3 is 0 Å². The molecule has 1 saturated heterocycles. The van der Waals surface area contributed by atoms with Crippen LogP contribution in [0.15, 0.2) is 41.3 Å². The Morgan fingerprint density at radius 3 is 2.19 bits per heavy atom. The van der Waals surface area contributed by atoms with E-state index in [9.17, 15) is 17.6 Å². The van der Waals surface area contributed by atoms with Crippen molar-refractivity contribution in [3.63, 3.8) is 0 Å². The maximum absolute atomic E-state index is 13.7. The molecule has 9 heteroatoms. The van der Waals surface area contributed by atoms with Crippen LogP contribution in [-0.4, -0.2) is 49.7 Å². The summed E-state index contributed by atoms with van der Waals surface area (Å²) in [6.07, 6.45) is 0. The number of amides is 1. The minimum absolute atomic E-state index is 0.00779. The average molecular weight is 431 g/mol. The number of carbonyl (C=O) groups is 1. The number of carbonyl (C=O) groups excluding carboxylic acids is 1. The van der Waals surface area contributed by atoms with Crippen LogP contribution in [0, 0.1) is 12.7 Å². The van der Waals surface area contributed by atoms with Crippen LogP contribution in [0.3, 0.4) is 0 Å². The molecule has 5 nitrogen and oxygen atoms in total. The van der Waals surface area contributed by atoms with E-state index in [1.807, 2.05) is 6.92 Å². The first-order valence-electron chi connectivity index (χ1n) is 8.21. The highest BCUT2D eigenvalue weighted by atomic mass is 35.5. The molecule has 0 radical (unpaired) electrons. The second-order valence-corrected chi connectivity index (χ2v) is 9.01. The van der Waals surface area contributed by atoms with E-state index in [2.05, 4.69) is 0 Å². The van der Waals surface area contributed by atoms with Gasteiger partial charge in [-0.05, 0) is 31.2 Å². The maximum atomic E-state index is 13.7. The van der Waals surface area contributed by atoms with Gasteiger partial charge in [0.05, 0.1) is 20.5 Å². The Kier molecular flexibility index (Phi) is 5.76. The van der Waals surface area contributed by atoms with Crippen LogP contribution in [0.2, 0.25) is 10.0 Å². The van der Waals surface area contributed by atoms with Gasteiger partial charge in [-0.25, -0.2) is 12.8 Å². The van der Waals surface area contributed by atoms with Gasteiger partial charge < -0.3 is 4.90 Å². The molecule has 0 aromatic heterocycles. The summed E-state index contributed by atoms with van der Waals surface area (Å²) in [4.78, 5) is 14.3. The zero-order valence-electron chi connectivity index (χ0n) is 14.5. The SMILES string of the molecule is Cc1ccc(S(=O)(=O)N2CCN(C(=O)c3cc(F)c(Cl)cc3Cl)CC2)cc1. The van der Waals surface area contributed by atoms with Crippen molar-refractivity contribution in [1.29, 1.82) is 0 Å². The Bertz CT molecular complexity index is 973. The van der Waals surface area contributed by atoms with E-state index in [1.54, 1.807) is 24.3 Å². The molecule has 0 saturated carbocycles.